The first-order valence-electron chi connectivity index (χ1n) is 10.8. The van der Waals surface area contributed by atoms with Crippen LogP contribution in [-0.4, -0.2) is 37.1 Å². The maximum absolute atomic E-state index is 13.9. The van der Waals surface area contributed by atoms with Gasteiger partial charge in [-0.2, -0.15) is 13.2 Å². The molecule has 3 unspecified atom stereocenters. The molecule has 0 bridgehead atoms. The van der Waals surface area contributed by atoms with Crippen molar-refractivity contribution in [1.82, 2.24) is 10.6 Å². The van der Waals surface area contributed by atoms with Crippen molar-refractivity contribution in [3.63, 3.8) is 0 Å². The van der Waals surface area contributed by atoms with Crippen LogP contribution in [-0.2, 0) is 10.3 Å². The van der Waals surface area contributed by atoms with Gasteiger partial charge in [0.25, 0.3) is 0 Å². The topological polar surface area (TPSA) is 71.6 Å². The normalized spacial score (nSPS) is 26.9. The second-order valence-corrected chi connectivity index (χ2v) is 8.84. The van der Waals surface area contributed by atoms with Gasteiger partial charge in [-0.3, -0.25) is 5.32 Å². The molecule has 4 atom stereocenters. The molecular weight excluding hydrogens is 478 g/mol. The molecule has 2 aliphatic heterocycles. The number of piperidine rings is 1. The lowest BCUT2D eigenvalue weighted by atomic mass is 9.85. The third kappa shape index (κ3) is 4.94. The number of amides is 2. The molecule has 184 valence electrons. The van der Waals surface area contributed by atoms with E-state index in [9.17, 15) is 22.4 Å². The van der Waals surface area contributed by atoms with Crippen LogP contribution in [0.25, 0.3) is 0 Å². The molecule has 2 aromatic carbocycles. The van der Waals surface area contributed by atoms with Crippen LogP contribution in [0.4, 0.5) is 28.0 Å². The summed E-state index contributed by atoms with van der Waals surface area (Å²) in [5.41, 5.74) is -2.31. The predicted octanol–water partition coefficient (Wildman–Crippen LogP) is 5.32. The zero-order valence-electron chi connectivity index (χ0n) is 18.2. The molecule has 0 saturated carbocycles. The lowest BCUT2D eigenvalue weighted by molar-refractivity contribution is -0.334. The van der Waals surface area contributed by atoms with E-state index in [0.717, 1.165) is 6.07 Å². The number of para-hydroxylation sites is 1. The fraction of sp³-hybridized carbons (Fsp3) is 0.435. The fourth-order valence-corrected chi connectivity index (χ4v) is 4.29. The molecule has 6 nitrogen and oxygen atoms in total. The Morgan fingerprint density at radius 1 is 1.24 bits per heavy atom. The van der Waals surface area contributed by atoms with Crippen molar-refractivity contribution in [2.24, 2.45) is 0 Å². The number of urea groups is 1. The summed E-state index contributed by atoms with van der Waals surface area (Å²) in [6.07, 6.45) is -4.39. The van der Waals surface area contributed by atoms with Gasteiger partial charge in [0.1, 0.15) is 11.6 Å². The van der Waals surface area contributed by atoms with Gasteiger partial charge < -0.3 is 20.1 Å². The smallest absolute Gasteiger partial charge is 0.421 e. The molecule has 2 heterocycles. The van der Waals surface area contributed by atoms with Crippen LogP contribution in [0.5, 0.6) is 5.75 Å². The van der Waals surface area contributed by atoms with Crippen molar-refractivity contribution >= 4 is 23.3 Å². The van der Waals surface area contributed by atoms with Crippen molar-refractivity contribution in [3.8, 4) is 5.75 Å². The number of carbonyl (C=O) groups excluding carboxylic acids is 1. The highest BCUT2D eigenvalue weighted by Crippen LogP contribution is 2.52. The van der Waals surface area contributed by atoms with Crippen LogP contribution in [0.2, 0.25) is 5.02 Å². The number of hydrogen-bond donors (Lipinski definition) is 3. The van der Waals surface area contributed by atoms with E-state index in [1.54, 1.807) is 6.07 Å². The average Bonchev–Trinajstić information content (AvgIpc) is 2.72. The first kappa shape index (κ1) is 24.6. The van der Waals surface area contributed by atoms with Gasteiger partial charge >= 0.3 is 12.2 Å². The van der Waals surface area contributed by atoms with Crippen molar-refractivity contribution in [1.29, 1.82) is 0 Å². The van der Waals surface area contributed by atoms with Gasteiger partial charge in [0.05, 0.1) is 17.7 Å². The Morgan fingerprint density at radius 2 is 1.97 bits per heavy atom. The number of benzene rings is 2. The molecule has 0 radical (unpaired) electrons. The molecule has 0 aromatic heterocycles. The predicted molar refractivity (Wildman–Crippen MR) is 118 cm³/mol. The zero-order valence-corrected chi connectivity index (χ0v) is 19.0. The largest absolute Gasteiger partial charge is 0.473 e. The number of carbonyl (C=O) groups is 1. The monoisotopic (exact) mass is 501 g/mol. The fourth-order valence-electron chi connectivity index (χ4n) is 4.17. The molecule has 0 aliphatic carbocycles. The third-order valence-electron chi connectivity index (χ3n) is 6.06. The standard InChI is InChI=1S/C23H24ClF4N3O3/c1-13-6-9-18(31-21(32)30-14-7-8-16(24)17(25)12-14)20(29-13)34-19-5-3-2-4-15(19)22(10-11-33-22)23(26,27)28/h2-5,7-8,12-13,18,20,29H,6,9-11H2,1H3,(H2,30,31,32)/t13?,18?,20?,22-/m1/s1. The third-order valence-corrected chi connectivity index (χ3v) is 6.36. The molecule has 0 spiro atoms. The summed E-state index contributed by atoms with van der Waals surface area (Å²) in [7, 11) is 0. The second-order valence-electron chi connectivity index (χ2n) is 8.44. The Balaban J connectivity index is 1.51. The minimum atomic E-state index is -4.61. The molecule has 3 N–H and O–H groups in total. The van der Waals surface area contributed by atoms with Crippen LogP contribution >= 0.6 is 11.6 Å². The maximum atomic E-state index is 13.9. The minimum absolute atomic E-state index is 0.00218. The van der Waals surface area contributed by atoms with Crippen molar-refractivity contribution < 1.29 is 31.8 Å². The molecule has 2 fully saturated rings. The Bertz CT molecular complexity index is 1050. The Labute approximate surface area is 198 Å². The molecule has 4 rings (SSSR count). The summed E-state index contributed by atoms with van der Waals surface area (Å²) in [5, 5.41) is 8.40. The first-order valence-corrected chi connectivity index (χ1v) is 11.2. The van der Waals surface area contributed by atoms with Gasteiger partial charge in [-0.25, -0.2) is 9.18 Å². The number of hydrogen-bond acceptors (Lipinski definition) is 4. The van der Waals surface area contributed by atoms with Crippen LogP contribution in [0.3, 0.4) is 0 Å². The highest BCUT2D eigenvalue weighted by molar-refractivity contribution is 6.30. The summed E-state index contributed by atoms with van der Waals surface area (Å²) in [6, 6.07) is 8.58. The van der Waals surface area contributed by atoms with Gasteiger partial charge in [0.15, 0.2) is 11.8 Å². The molecular formula is C23H24ClF4N3O3. The van der Waals surface area contributed by atoms with Gasteiger partial charge in [-0.1, -0.05) is 29.8 Å². The number of nitrogens with one attached hydrogen (secondary N) is 3. The van der Waals surface area contributed by atoms with Crippen LogP contribution in [0, 0.1) is 5.82 Å². The number of anilines is 1. The van der Waals surface area contributed by atoms with E-state index in [1.165, 1.54) is 30.3 Å². The Kier molecular flexibility index (Phi) is 6.93. The summed E-state index contributed by atoms with van der Waals surface area (Å²) in [6.45, 7) is 1.92. The van der Waals surface area contributed by atoms with Gasteiger partial charge in [0, 0.05) is 23.7 Å². The average molecular weight is 502 g/mol. The van der Waals surface area contributed by atoms with Crippen LogP contribution < -0.4 is 20.7 Å². The molecule has 34 heavy (non-hydrogen) atoms. The molecule has 2 aliphatic rings. The number of ether oxygens (including phenoxy) is 2. The molecule has 2 saturated heterocycles. The van der Waals surface area contributed by atoms with E-state index in [1.807, 2.05) is 6.92 Å². The molecule has 11 heteroatoms. The molecule has 2 amide bonds. The summed E-state index contributed by atoms with van der Waals surface area (Å²) in [5.74, 6) is -0.652. The minimum Gasteiger partial charge on any atom is -0.473 e. The quantitative estimate of drug-likeness (QED) is 0.485. The summed E-state index contributed by atoms with van der Waals surface area (Å²) >= 11 is 5.66. The highest BCUT2D eigenvalue weighted by Gasteiger charge is 2.62. The number of halogens is 5. The molecule has 2 aromatic rings. The SMILES string of the molecule is CC1CCC(NC(=O)Nc2ccc(Cl)c(F)c2)C(Oc2ccccc2[C@@]2(C(F)(F)F)CCO2)N1. The van der Waals surface area contributed by atoms with Crippen LogP contribution in [0.15, 0.2) is 42.5 Å². The number of alkyl halides is 3. The van der Waals surface area contributed by atoms with E-state index in [0.29, 0.717) is 12.8 Å². The lowest BCUT2D eigenvalue weighted by Crippen LogP contribution is -2.59. The van der Waals surface area contributed by atoms with E-state index in [2.05, 4.69) is 16.0 Å². The van der Waals surface area contributed by atoms with E-state index in [4.69, 9.17) is 21.1 Å². The van der Waals surface area contributed by atoms with Gasteiger partial charge in [-0.05, 0) is 44.0 Å². The van der Waals surface area contributed by atoms with E-state index >= 15 is 0 Å². The summed E-state index contributed by atoms with van der Waals surface area (Å²) < 4.78 is 66.4. The van der Waals surface area contributed by atoms with Crippen molar-refractivity contribution in [2.75, 3.05) is 11.9 Å². The number of rotatable bonds is 5. The lowest BCUT2D eigenvalue weighted by Gasteiger charge is -2.44. The van der Waals surface area contributed by atoms with E-state index < -0.39 is 35.9 Å². The zero-order chi connectivity index (χ0) is 24.5. The van der Waals surface area contributed by atoms with E-state index in [-0.39, 0.29) is 41.1 Å². The Morgan fingerprint density at radius 3 is 2.62 bits per heavy atom. The van der Waals surface area contributed by atoms with Gasteiger partial charge in [0.2, 0.25) is 0 Å². The van der Waals surface area contributed by atoms with Crippen molar-refractivity contribution in [2.45, 2.75) is 56.3 Å². The maximum Gasteiger partial charge on any atom is 0.421 e. The second kappa shape index (κ2) is 9.59. The first-order chi connectivity index (χ1) is 16.1. The Hall–Kier alpha value is -2.56. The van der Waals surface area contributed by atoms with Crippen molar-refractivity contribution in [3.05, 3.63) is 58.9 Å². The van der Waals surface area contributed by atoms with Gasteiger partial charge in [-0.15, -0.1) is 0 Å². The summed E-state index contributed by atoms with van der Waals surface area (Å²) in [4.78, 5) is 12.5. The highest BCUT2D eigenvalue weighted by atomic mass is 35.5. The van der Waals surface area contributed by atoms with Crippen LogP contribution in [0.1, 0.15) is 31.7 Å².